The van der Waals surface area contributed by atoms with Gasteiger partial charge in [-0.3, -0.25) is 9.36 Å². The number of benzene rings is 4. The van der Waals surface area contributed by atoms with Gasteiger partial charge in [-0.25, -0.2) is 14.2 Å². The first-order valence-corrected chi connectivity index (χ1v) is 16.6. The van der Waals surface area contributed by atoms with Crippen LogP contribution in [-0.2, 0) is 16.1 Å². The van der Waals surface area contributed by atoms with Gasteiger partial charge < -0.3 is 14.2 Å². The molecule has 7 nitrogen and oxygen atoms in total. The van der Waals surface area contributed by atoms with Crippen LogP contribution in [0.15, 0.2) is 111 Å². The van der Waals surface area contributed by atoms with Crippen LogP contribution >= 0.6 is 38.9 Å². The van der Waals surface area contributed by atoms with Crippen LogP contribution in [0.3, 0.4) is 0 Å². The van der Waals surface area contributed by atoms with Crippen molar-refractivity contribution in [2.24, 2.45) is 4.99 Å². The zero-order chi connectivity index (χ0) is 33.1. The van der Waals surface area contributed by atoms with Gasteiger partial charge in [0.15, 0.2) is 16.3 Å². The van der Waals surface area contributed by atoms with E-state index in [0.717, 1.165) is 5.56 Å². The summed E-state index contributed by atoms with van der Waals surface area (Å²) in [5.41, 5.74) is 2.91. The Labute approximate surface area is 287 Å². The lowest BCUT2D eigenvalue weighted by atomic mass is 9.93. The molecular weight excluding hydrogens is 707 g/mol. The minimum atomic E-state index is -0.912. The summed E-state index contributed by atoms with van der Waals surface area (Å²) in [6, 6.07) is 25.0. The number of carbonyl (C=O) groups is 1. The standard InChI is InChI=1S/C36H27BrClFN2O5S/c1-3-45-35(43)30-31(22-9-5-4-6-10-22)40-36-41(32(30)23-13-15-25(39)16-14-23)34(42)29(47-36)19-21-17-26(37)33(28(18-21)44-2)46-20-24-11-7-8-12-27(24)38/h4-19,32H,3,20H2,1-2H3/t32-/m0/s1. The largest absolute Gasteiger partial charge is 0.493 e. The minimum absolute atomic E-state index is 0.125. The smallest absolute Gasteiger partial charge is 0.338 e. The van der Waals surface area contributed by atoms with Crippen LogP contribution in [0, 0.1) is 5.82 Å². The third kappa shape index (κ3) is 6.67. The van der Waals surface area contributed by atoms with Crippen LogP contribution in [-0.4, -0.2) is 24.3 Å². The number of nitrogens with zero attached hydrogens (tertiary/aromatic N) is 2. The van der Waals surface area contributed by atoms with Crippen molar-refractivity contribution in [2.75, 3.05) is 13.7 Å². The molecule has 0 spiro atoms. The Morgan fingerprint density at radius 2 is 1.79 bits per heavy atom. The van der Waals surface area contributed by atoms with Gasteiger partial charge in [-0.05, 0) is 70.4 Å². The quantitative estimate of drug-likeness (QED) is 0.152. The number of ether oxygens (including phenoxy) is 3. The topological polar surface area (TPSA) is 79.1 Å². The van der Waals surface area contributed by atoms with Crippen molar-refractivity contribution in [1.82, 2.24) is 4.57 Å². The molecule has 4 aromatic carbocycles. The number of thiazole rings is 1. The van der Waals surface area contributed by atoms with Crippen molar-refractivity contribution >= 4 is 56.6 Å². The molecule has 1 aromatic heterocycles. The predicted molar refractivity (Wildman–Crippen MR) is 184 cm³/mol. The molecule has 1 atom stereocenters. The van der Waals surface area contributed by atoms with Gasteiger partial charge >= 0.3 is 5.97 Å². The second kappa shape index (κ2) is 14.1. The molecule has 0 saturated heterocycles. The van der Waals surface area contributed by atoms with E-state index in [-0.39, 0.29) is 24.3 Å². The van der Waals surface area contributed by atoms with Crippen LogP contribution in [0.2, 0.25) is 5.02 Å². The number of fused-ring (bicyclic) bond motifs is 1. The molecule has 0 radical (unpaired) electrons. The lowest BCUT2D eigenvalue weighted by molar-refractivity contribution is -0.138. The summed E-state index contributed by atoms with van der Waals surface area (Å²) >= 11 is 11.1. The highest BCUT2D eigenvalue weighted by atomic mass is 79.9. The molecule has 0 aliphatic carbocycles. The molecule has 0 unspecified atom stereocenters. The van der Waals surface area contributed by atoms with E-state index in [1.165, 1.54) is 35.1 Å². The number of aromatic nitrogens is 1. The van der Waals surface area contributed by atoms with Gasteiger partial charge in [0.05, 0.1) is 40.0 Å². The minimum Gasteiger partial charge on any atom is -0.493 e. The van der Waals surface area contributed by atoms with Crippen molar-refractivity contribution in [3.63, 3.8) is 0 Å². The van der Waals surface area contributed by atoms with E-state index >= 15 is 0 Å². The van der Waals surface area contributed by atoms with Crippen LogP contribution in [0.4, 0.5) is 4.39 Å². The highest BCUT2D eigenvalue weighted by Crippen LogP contribution is 2.38. The van der Waals surface area contributed by atoms with Gasteiger partial charge in [-0.1, -0.05) is 83.6 Å². The van der Waals surface area contributed by atoms with Crippen molar-refractivity contribution in [1.29, 1.82) is 0 Å². The van der Waals surface area contributed by atoms with Crippen molar-refractivity contribution in [3.05, 3.63) is 154 Å². The molecule has 0 fully saturated rings. The van der Waals surface area contributed by atoms with E-state index in [2.05, 4.69) is 15.9 Å². The summed E-state index contributed by atoms with van der Waals surface area (Å²) in [5, 5.41) is 0.593. The first kappa shape index (κ1) is 32.4. The molecule has 0 bridgehead atoms. The predicted octanol–water partition coefficient (Wildman–Crippen LogP) is 7.08. The van der Waals surface area contributed by atoms with Gasteiger partial charge in [0, 0.05) is 16.1 Å². The zero-order valence-corrected chi connectivity index (χ0v) is 28.4. The summed E-state index contributed by atoms with van der Waals surface area (Å²) in [6.45, 7) is 2.06. The van der Waals surface area contributed by atoms with Crippen molar-refractivity contribution < 1.29 is 23.4 Å². The monoisotopic (exact) mass is 732 g/mol. The van der Waals surface area contributed by atoms with E-state index in [0.29, 0.717) is 52.7 Å². The van der Waals surface area contributed by atoms with Crippen molar-refractivity contribution in [3.8, 4) is 11.5 Å². The maximum atomic E-state index is 14.2. The van der Waals surface area contributed by atoms with E-state index in [9.17, 15) is 14.0 Å². The fourth-order valence-corrected chi connectivity index (χ4v) is 7.05. The molecule has 1 aliphatic rings. The lowest BCUT2D eigenvalue weighted by Crippen LogP contribution is -2.40. The van der Waals surface area contributed by atoms with Gasteiger partial charge in [0.25, 0.3) is 5.56 Å². The molecule has 6 rings (SSSR count). The summed E-state index contributed by atoms with van der Waals surface area (Å²) < 4.78 is 33.7. The fraction of sp³-hybridized carbons (Fsp3) is 0.139. The molecule has 5 aromatic rings. The highest BCUT2D eigenvalue weighted by Gasteiger charge is 2.35. The molecule has 0 N–H and O–H groups in total. The maximum absolute atomic E-state index is 14.2. The normalized spacial score (nSPS) is 14.4. The number of hydrogen-bond donors (Lipinski definition) is 0. The van der Waals surface area contributed by atoms with E-state index < -0.39 is 17.8 Å². The van der Waals surface area contributed by atoms with Gasteiger partial charge in [0.1, 0.15) is 12.4 Å². The van der Waals surface area contributed by atoms with Gasteiger partial charge in [-0.2, -0.15) is 0 Å². The van der Waals surface area contributed by atoms with Gasteiger partial charge in [0.2, 0.25) is 0 Å². The number of halogens is 3. The first-order valence-electron chi connectivity index (χ1n) is 14.6. The van der Waals surface area contributed by atoms with E-state index in [1.807, 2.05) is 54.6 Å². The molecular formula is C36H27BrClFN2O5S. The first-order chi connectivity index (χ1) is 22.8. The molecule has 238 valence electrons. The highest BCUT2D eigenvalue weighted by molar-refractivity contribution is 9.10. The summed E-state index contributed by atoms with van der Waals surface area (Å²) in [6.07, 6.45) is 1.73. The number of carbonyl (C=O) groups excluding carboxylic acids is 1. The Hall–Kier alpha value is -4.51. The third-order valence-corrected chi connectivity index (χ3v) is 9.38. The van der Waals surface area contributed by atoms with Crippen LogP contribution in [0.5, 0.6) is 11.5 Å². The van der Waals surface area contributed by atoms with Crippen molar-refractivity contribution in [2.45, 2.75) is 19.6 Å². The Kier molecular flexibility index (Phi) is 9.72. The van der Waals surface area contributed by atoms with Crippen LogP contribution < -0.4 is 24.4 Å². The molecule has 47 heavy (non-hydrogen) atoms. The Morgan fingerprint density at radius 1 is 1.06 bits per heavy atom. The lowest BCUT2D eigenvalue weighted by Gasteiger charge is -2.25. The third-order valence-electron chi connectivity index (χ3n) is 7.44. The van der Waals surface area contributed by atoms with E-state index in [1.54, 1.807) is 37.3 Å². The maximum Gasteiger partial charge on any atom is 0.338 e. The van der Waals surface area contributed by atoms with Crippen LogP contribution in [0.25, 0.3) is 11.8 Å². The SMILES string of the molecule is CCOC(=O)C1=C(c2ccccc2)N=c2sc(=Cc3cc(Br)c(OCc4ccccc4Cl)c(OC)c3)c(=O)n2[C@H]1c1ccc(F)cc1. The Bertz CT molecular complexity index is 2180. The number of esters is 1. The average molecular weight is 734 g/mol. The molecule has 0 saturated carbocycles. The second-order valence-electron chi connectivity index (χ2n) is 10.4. The fourth-order valence-electron chi connectivity index (χ4n) is 5.28. The second-order valence-corrected chi connectivity index (χ2v) is 12.7. The summed E-state index contributed by atoms with van der Waals surface area (Å²) in [5.74, 6) is -0.121. The summed E-state index contributed by atoms with van der Waals surface area (Å²) in [4.78, 5) is 33.0. The number of rotatable bonds is 9. The Balaban J connectivity index is 1.49. The molecule has 11 heteroatoms. The van der Waals surface area contributed by atoms with Gasteiger partial charge in [-0.15, -0.1) is 0 Å². The molecule has 1 aliphatic heterocycles. The van der Waals surface area contributed by atoms with E-state index in [4.69, 9.17) is 30.8 Å². The number of hydrogen-bond acceptors (Lipinski definition) is 7. The molecule has 2 heterocycles. The number of methoxy groups -OCH3 is 1. The zero-order valence-electron chi connectivity index (χ0n) is 25.2. The van der Waals surface area contributed by atoms with Crippen LogP contribution in [0.1, 0.15) is 35.2 Å². The summed E-state index contributed by atoms with van der Waals surface area (Å²) in [7, 11) is 1.53. The molecule has 0 amide bonds. The Morgan fingerprint density at radius 3 is 2.49 bits per heavy atom. The average Bonchev–Trinajstić information content (AvgIpc) is 3.38.